The Hall–Kier alpha value is -2.41. The summed E-state index contributed by atoms with van der Waals surface area (Å²) in [5, 5.41) is 0. The molecule has 2 aliphatic heterocycles. The lowest BCUT2D eigenvalue weighted by atomic mass is 9.69. The number of amides is 1. The molecule has 7 nitrogen and oxygen atoms in total. The monoisotopic (exact) mass is 595 g/mol. The maximum absolute atomic E-state index is 14.7. The van der Waals surface area contributed by atoms with Crippen LogP contribution in [0.5, 0.6) is 0 Å². The number of aliphatic imine (C=N–C) groups is 1. The van der Waals surface area contributed by atoms with Crippen LogP contribution in [0.4, 0.5) is 0 Å². The van der Waals surface area contributed by atoms with Gasteiger partial charge >= 0.3 is 5.97 Å². The molecule has 3 aliphatic rings. The minimum Gasteiger partial charge on any atom is -0.459 e. The maximum atomic E-state index is 14.7. The highest BCUT2D eigenvalue weighted by Crippen LogP contribution is 2.50. The molecular weight excluding hydrogens is 538 g/mol. The van der Waals surface area contributed by atoms with Crippen molar-refractivity contribution in [2.24, 2.45) is 27.7 Å². The number of esters is 1. The lowest BCUT2D eigenvalue weighted by molar-refractivity contribution is -0.134. The zero-order chi connectivity index (χ0) is 31.6. The zero-order valence-electron chi connectivity index (χ0n) is 28.4. The summed E-state index contributed by atoms with van der Waals surface area (Å²) in [5.74, 6) is 1.41. The number of rotatable bonds is 8. The normalized spacial score (nSPS) is 25.8. The third-order valence-electron chi connectivity index (χ3n) is 9.76. The third kappa shape index (κ3) is 8.01. The first-order chi connectivity index (χ1) is 20.1. The van der Waals surface area contributed by atoms with Gasteiger partial charge in [-0.15, -0.1) is 0 Å². The Morgan fingerprint density at radius 3 is 2.26 bits per heavy atom. The molecule has 1 spiro atoms. The molecule has 1 saturated heterocycles. The van der Waals surface area contributed by atoms with Crippen molar-refractivity contribution in [2.75, 3.05) is 26.8 Å². The van der Waals surface area contributed by atoms with Gasteiger partial charge in [0.25, 0.3) is 5.91 Å². The number of methoxy groups -OCH3 is 1. The molecule has 2 heterocycles. The molecule has 1 saturated carbocycles. The average Bonchev–Trinajstić information content (AvgIpc) is 3.19. The highest BCUT2D eigenvalue weighted by Gasteiger charge is 2.54. The van der Waals surface area contributed by atoms with Crippen molar-refractivity contribution in [3.8, 4) is 0 Å². The Morgan fingerprint density at radius 2 is 1.70 bits per heavy atom. The molecule has 0 radical (unpaired) electrons. The first-order valence-corrected chi connectivity index (χ1v) is 16.6. The van der Waals surface area contributed by atoms with Crippen LogP contribution in [0.1, 0.15) is 129 Å². The molecule has 2 fully saturated rings. The summed E-state index contributed by atoms with van der Waals surface area (Å²) >= 11 is 0. The number of likely N-dealkylation sites (tertiary alicyclic amines) is 1. The second-order valence-corrected chi connectivity index (χ2v) is 15.8. The van der Waals surface area contributed by atoms with E-state index < -0.39 is 5.66 Å². The molecule has 1 unspecified atom stereocenters. The molecular formula is C36H57N3O4. The smallest absolute Gasteiger partial charge is 0.338 e. The van der Waals surface area contributed by atoms with Gasteiger partial charge in [0.05, 0.1) is 24.3 Å². The van der Waals surface area contributed by atoms with Crippen LogP contribution in [0.2, 0.25) is 0 Å². The molecule has 1 aromatic carbocycles. The summed E-state index contributed by atoms with van der Waals surface area (Å²) in [4.78, 5) is 37.2. The second-order valence-electron chi connectivity index (χ2n) is 15.8. The van der Waals surface area contributed by atoms with Crippen LogP contribution in [0.25, 0.3) is 0 Å². The molecule has 0 bridgehead atoms. The Kier molecular flexibility index (Phi) is 10.4. The summed E-state index contributed by atoms with van der Waals surface area (Å²) in [6.45, 7) is 19.9. The summed E-state index contributed by atoms with van der Waals surface area (Å²) in [6.07, 6.45) is 7.66. The molecule has 0 aromatic heterocycles. The average molecular weight is 596 g/mol. The van der Waals surface area contributed by atoms with Gasteiger partial charge < -0.3 is 19.3 Å². The molecule has 1 amide bonds. The Morgan fingerprint density at radius 1 is 1.05 bits per heavy atom. The van der Waals surface area contributed by atoms with Crippen LogP contribution in [0.3, 0.4) is 0 Å². The molecule has 240 valence electrons. The Labute approximate surface area is 260 Å². The fourth-order valence-electron chi connectivity index (χ4n) is 7.30. The molecule has 1 aliphatic carbocycles. The van der Waals surface area contributed by atoms with E-state index in [1.165, 1.54) is 0 Å². The number of hydrogen-bond acceptors (Lipinski definition) is 6. The highest BCUT2D eigenvalue weighted by molar-refractivity contribution is 6.39. The molecule has 2 atom stereocenters. The van der Waals surface area contributed by atoms with Gasteiger partial charge in [-0.25, -0.2) is 9.79 Å². The van der Waals surface area contributed by atoms with Gasteiger partial charge in [0.1, 0.15) is 5.66 Å². The molecule has 4 rings (SSSR count). The van der Waals surface area contributed by atoms with Crippen LogP contribution in [0, 0.1) is 22.7 Å². The summed E-state index contributed by atoms with van der Waals surface area (Å²) in [7, 11) is 1.76. The van der Waals surface area contributed by atoms with Crippen LogP contribution >= 0.6 is 0 Å². The van der Waals surface area contributed by atoms with Crippen molar-refractivity contribution >= 4 is 17.7 Å². The predicted molar refractivity (Wildman–Crippen MR) is 173 cm³/mol. The van der Waals surface area contributed by atoms with Crippen LogP contribution < -0.4 is 0 Å². The zero-order valence-corrected chi connectivity index (χ0v) is 28.4. The predicted octanol–water partition coefficient (Wildman–Crippen LogP) is 7.65. The van der Waals surface area contributed by atoms with E-state index >= 15 is 0 Å². The number of amidine groups is 1. The number of carbonyl (C=O) groups excluding carboxylic acids is 2. The highest BCUT2D eigenvalue weighted by atomic mass is 16.5. The molecule has 43 heavy (non-hydrogen) atoms. The van der Waals surface area contributed by atoms with Gasteiger partial charge in [-0.1, -0.05) is 53.7 Å². The van der Waals surface area contributed by atoms with Gasteiger partial charge in [-0.2, -0.15) is 0 Å². The number of ether oxygens (including phenoxy) is 2. The van der Waals surface area contributed by atoms with Crippen LogP contribution in [-0.4, -0.2) is 66.1 Å². The van der Waals surface area contributed by atoms with Crippen molar-refractivity contribution in [1.82, 2.24) is 9.80 Å². The minimum atomic E-state index is -0.542. The SMILES string of the molecule is COCC1CCCN(C2=NC3(CCC(C(C)(C)C)CC3)N([C@H](CCC(C)(C)C)c3ccc(C(=O)OC(C)C)cc3)C2=O)C1. The molecule has 7 heteroatoms. The van der Waals surface area contributed by atoms with Gasteiger partial charge in [-0.3, -0.25) is 4.79 Å². The van der Waals surface area contributed by atoms with Crippen molar-refractivity contribution in [3.05, 3.63) is 35.4 Å². The van der Waals surface area contributed by atoms with E-state index in [4.69, 9.17) is 14.5 Å². The van der Waals surface area contributed by atoms with E-state index in [0.29, 0.717) is 29.8 Å². The van der Waals surface area contributed by atoms with Crippen molar-refractivity contribution < 1.29 is 19.1 Å². The Bertz CT molecular complexity index is 1130. The molecule has 0 N–H and O–H groups in total. The number of carbonyl (C=O) groups is 2. The van der Waals surface area contributed by atoms with Gasteiger partial charge in [0.2, 0.25) is 0 Å². The standard InChI is InChI=1S/C36H57N3O4/c1-25(2)43-33(41)28-14-12-27(13-15-28)30(18-19-34(3,4)5)39-32(40)31(38-22-10-11-26(23-38)24-42-9)37-36(39)20-16-29(17-21-36)35(6,7)8/h12-15,25-26,29-30H,10-11,16-24H2,1-9H3/t26?,29?,30-,36?/m1/s1. The van der Waals surface area contributed by atoms with Crippen molar-refractivity contribution in [2.45, 2.75) is 125 Å². The van der Waals surface area contributed by atoms with E-state index in [0.717, 1.165) is 70.0 Å². The van der Waals surface area contributed by atoms with E-state index in [9.17, 15) is 9.59 Å². The number of nitrogens with zero attached hydrogens (tertiary/aromatic N) is 3. The van der Waals surface area contributed by atoms with Gasteiger partial charge in [0, 0.05) is 20.2 Å². The van der Waals surface area contributed by atoms with Gasteiger partial charge in [0.15, 0.2) is 5.84 Å². The van der Waals surface area contributed by atoms with Crippen LogP contribution in [0.15, 0.2) is 29.3 Å². The largest absolute Gasteiger partial charge is 0.459 e. The van der Waals surface area contributed by atoms with Gasteiger partial charge in [-0.05, 0) is 106 Å². The van der Waals surface area contributed by atoms with E-state index in [1.807, 2.05) is 38.1 Å². The first-order valence-electron chi connectivity index (χ1n) is 16.6. The quantitative estimate of drug-likeness (QED) is 0.289. The first kappa shape index (κ1) is 33.5. The lowest BCUT2D eigenvalue weighted by Crippen LogP contribution is -2.52. The number of benzene rings is 1. The lowest BCUT2D eigenvalue weighted by Gasteiger charge is -2.47. The molecule has 1 aromatic rings. The second kappa shape index (κ2) is 13.3. The van der Waals surface area contributed by atoms with E-state index in [1.54, 1.807) is 7.11 Å². The van der Waals surface area contributed by atoms with Crippen molar-refractivity contribution in [1.29, 1.82) is 0 Å². The maximum Gasteiger partial charge on any atom is 0.338 e. The van der Waals surface area contributed by atoms with E-state index in [-0.39, 0.29) is 34.9 Å². The van der Waals surface area contributed by atoms with Crippen LogP contribution in [-0.2, 0) is 14.3 Å². The van der Waals surface area contributed by atoms with E-state index in [2.05, 4.69) is 51.3 Å². The third-order valence-corrected chi connectivity index (χ3v) is 9.76. The fourth-order valence-corrected chi connectivity index (χ4v) is 7.30. The fraction of sp³-hybridized carbons (Fsp3) is 0.750. The topological polar surface area (TPSA) is 71.4 Å². The summed E-state index contributed by atoms with van der Waals surface area (Å²) in [5.41, 5.74) is 1.40. The Balaban J connectivity index is 1.72. The number of piperidine rings is 1. The summed E-state index contributed by atoms with van der Waals surface area (Å²) in [6, 6.07) is 7.64. The number of hydrogen-bond donors (Lipinski definition) is 0. The minimum absolute atomic E-state index is 0.0643. The summed E-state index contributed by atoms with van der Waals surface area (Å²) < 4.78 is 11.0. The van der Waals surface area contributed by atoms with Crippen molar-refractivity contribution in [3.63, 3.8) is 0 Å².